The predicted octanol–water partition coefficient (Wildman–Crippen LogP) is 2.84. The highest BCUT2D eigenvalue weighted by Gasteiger charge is 2.25. The summed E-state index contributed by atoms with van der Waals surface area (Å²) in [6.45, 7) is 7.16. The van der Waals surface area contributed by atoms with E-state index in [0.717, 1.165) is 6.04 Å². The van der Waals surface area contributed by atoms with Crippen molar-refractivity contribution in [3.05, 3.63) is 24.0 Å². The Labute approximate surface area is 116 Å². The van der Waals surface area contributed by atoms with Gasteiger partial charge in [-0.1, -0.05) is 6.42 Å². The van der Waals surface area contributed by atoms with Crippen molar-refractivity contribution in [2.24, 2.45) is 0 Å². The number of hydrogen-bond acceptors (Lipinski definition) is 3. The standard InChI is InChI=1S/C16H25N3/c1-14-11-16(13-17-12-14)19-9-5-15(6-10-19)18-7-3-2-4-8-18/h11-13,15H,2-10H2,1H3. The van der Waals surface area contributed by atoms with Crippen LogP contribution in [0.5, 0.6) is 0 Å². The van der Waals surface area contributed by atoms with Crippen molar-refractivity contribution in [2.45, 2.75) is 45.1 Å². The Morgan fingerprint density at radius 1 is 1.00 bits per heavy atom. The van der Waals surface area contributed by atoms with E-state index in [1.807, 2.05) is 12.4 Å². The number of pyridine rings is 1. The van der Waals surface area contributed by atoms with Gasteiger partial charge in [-0.2, -0.15) is 0 Å². The van der Waals surface area contributed by atoms with Crippen LogP contribution >= 0.6 is 0 Å². The monoisotopic (exact) mass is 259 g/mol. The average Bonchev–Trinajstić information content (AvgIpc) is 2.48. The maximum atomic E-state index is 4.32. The molecule has 3 rings (SSSR count). The Morgan fingerprint density at radius 3 is 2.42 bits per heavy atom. The smallest absolute Gasteiger partial charge is 0.0555 e. The number of nitrogens with zero attached hydrogens (tertiary/aromatic N) is 3. The van der Waals surface area contributed by atoms with Gasteiger partial charge in [0.15, 0.2) is 0 Å². The molecule has 0 aromatic carbocycles. The third-order valence-electron chi connectivity index (χ3n) is 4.60. The first-order valence-electron chi connectivity index (χ1n) is 7.73. The Bertz CT molecular complexity index is 404. The van der Waals surface area contributed by atoms with Crippen molar-refractivity contribution < 1.29 is 0 Å². The lowest BCUT2D eigenvalue weighted by Gasteiger charge is -2.40. The molecule has 1 aromatic heterocycles. The van der Waals surface area contributed by atoms with Crippen LogP contribution in [0.15, 0.2) is 18.5 Å². The van der Waals surface area contributed by atoms with Crippen molar-refractivity contribution in [2.75, 3.05) is 31.1 Å². The zero-order valence-electron chi connectivity index (χ0n) is 12.0. The molecule has 2 aliphatic heterocycles. The highest BCUT2D eigenvalue weighted by molar-refractivity contribution is 5.46. The van der Waals surface area contributed by atoms with E-state index in [4.69, 9.17) is 0 Å². The predicted molar refractivity (Wildman–Crippen MR) is 79.6 cm³/mol. The van der Waals surface area contributed by atoms with Gasteiger partial charge in [0.25, 0.3) is 0 Å². The lowest BCUT2D eigenvalue weighted by molar-refractivity contribution is 0.141. The van der Waals surface area contributed by atoms with Gasteiger partial charge in [0, 0.05) is 25.3 Å². The lowest BCUT2D eigenvalue weighted by Crippen LogP contribution is -2.46. The second kappa shape index (κ2) is 5.91. The van der Waals surface area contributed by atoms with Crippen LogP contribution in [0.3, 0.4) is 0 Å². The van der Waals surface area contributed by atoms with E-state index in [0.29, 0.717) is 0 Å². The third kappa shape index (κ3) is 3.08. The Balaban J connectivity index is 1.57. The Morgan fingerprint density at radius 2 is 1.74 bits per heavy atom. The zero-order chi connectivity index (χ0) is 13.1. The maximum absolute atomic E-state index is 4.32. The number of aromatic nitrogens is 1. The minimum atomic E-state index is 0.828. The van der Waals surface area contributed by atoms with E-state index in [-0.39, 0.29) is 0 Å². The van der Waals surface area contributed by atoms with Gasteiger partial charge in [-0.25, -0.2) is 0 Å². The average molecular weight is 259 g/mol. The van der Waals surface area contributed by atoms with E-state index >= 15 is 0 Å². The van der Waals surface area contributed by atoms with Crippen LogP contribution in [0.25, 0.3) is 0 Å². The molecule has 2 saturated heterocycles. The maximum Gasteiger partial charge on any atom is 0.0555 e. The summed E-state index contributed by atoms with van der Waals surface area (Å²) in [5, 5.41) is 0. The second-order valence-electron chi connectivity index (χ2n) is 6.04. The van der Waals surface area contributed by atoms with E-state index in [1.54, 1.807) is 0 Å². The van der Waals surface area contributed by atoms with Gasteiger partial charge in [0.2, 0.25) is 0 Å². The summed E-state index contributed by atoms with van der Waals surface area (Å²) < 4.78 is 0. The molecule has 0 bridgehead atoms. The molecule has 0 aliphatic carbocycles. The molecular formula is C16H25N3. The molecule has 104 valence electrons. The molecule has 0 amide bonds. The van der Waals surface area contributed by atoms with Gasteiger partial charge in [0.05, 0.1) is 11.9 Å². The van der Waals surface area contributed by atoms with Gasteiger partial charge < -0.3 is 9.80 Å². The van der Waals surface area contributed by atoms with Crippen LogP contribution in [0, 0.1) is 6.92 Å². The highest BCUT2D eigenvalue weighted by atomic mass is 15.2. The number of likely N-dealkylation sites (tertiary alicyclic amines) is 1. The fourth-order valence-electron chi connectivity index (χ4n) is 3.48. The number of aryl methyl sites for hydroxylation is 1. The summed E-state index contributed by atoms with van der Waals surface area (Å²) in [5.41, 5.74) is 2.56. The molecule has 2 fully saturated rings. The van der Waals surface area contributed by atoms with Crippen LogP contribution in [-0.2, 0) is 0 Å². The zero-order valence-corrected chi connectivity index (χ0v) is 12.0. The molecule has 0 atom stereocenters. The van der Waals surface area contributed by atoms with Crippen molar-refractivity contribution in [3.63, 3.8) is 0 Å². The van der Waals surface area contributed by atoms with E-state index in [2.05, 4.69) is 27.8 Å². The highest BCUT2D eigenvalue weighted by Crippen LogP contribution is 2.24. The van der Waals surface area contributed by atoms with Crippen molar-refractivity contribution in [1.29, 1.82) is 0 Å². The fraction of sp³-hybridized carbons (Fsp3) is 0.688. The van der Waals surface area contributed by atoms with Gasteiger partial charge in [-0.15, -0.1) is 0 Å². The molecule has 0 spiro atoms. The summed E-state index contributed by atoms with van der Waals surface area (Å²) >= 11 is 0. The summed E-state index contributed by atoms with van der Waals surface area (Å²) in [6.07, 6.45) is 10.8. The van der Waals surface area contributed by atoms with Gasteiger partial charge >= 0.3 is 0 Å². The molecule has 1 aromatic rings. The van der Waals surface area contributed by atoms with Crippen LogP contribution in [-0.4, -0.2) is 42.1 Å². The molecule has 3 heterocycles. The first-order valence-corrected chi connectivity index (χ1v) is 7.73. The van der Waals surface area contributed by atoms with Gasteiger partial charge in [-0.05, 0) is 57.3 Å². The quantitative estimate of drug-likeness (QED) is 0.814. The molecule has 0 N–H and O–H groups in total. The van der Waals surface area contributed by atoms with Crippen molar-refractivity contribution in [1.82, 2.24) is 9.88 Å². The minimum absolute atomic E-state index is 0.828. The van der Waals surface area contributed by atoms with E-state index < -0.39 is 0 Å². The summed E-state index contributed by atoms with van der Waals surface area (Å²) in [4.78, 5) is 9.55. The fourth-order valence-corrected chi connectivity index (χ4v) is 3.48. The Kier molecular flexibility index (Phi) is 4.02. The van der Waals surface area contributed by atoms with Crippen LogP contribution < -0.4 is 4.90 Å². The first-order chi connectivity index (χ1) is 9.33. The first kappa shape index (κ1) is 12.9. The normalized spacial score (nSPS) is 22.7. The number of hydrogen-bond donors (Lipinski definition) is 0. The van der Waals surface area contributed by atoms with Gasteiger partial charge in [-0.3, -0.25) is 4.98 Å². The topological polar surface area (TPSA) is 19.4 Å². The van der Waals surface area contributed by atoms with E-state index in [9.17, 15) is 0 Å². The third-order valence-corrected chi connectivity index (χ3v) is 4.60. The largest absolute Gasteiger partial charge is 0.370 e. The van der Waals surface area contributed by atoms with Crippen LogP contribution in [0.4, 0.5) is 5.69 Å². The SMILES string of the molecule is Cc1cncc(N2CCC(N3CCCCC3)CC2)c1. The summed E-state index contributed by atoms with van der Waals surface area (Å²) in [7, 11) is 0. The second-order valence-corrected chi connectivity index (χ2v) is 6.04. The molecule has 0 saturated carbocycles. The molecule has 0 radical (unpaired) electrons. The lowest BCUT2D eigenvalue weighted by atomic mass is 9.99. The van der Waals surface area contributed by atoms with Crippen molar-refractivity contribution in [3.8, 4) is 0 Å². The molecule has 19 heavy (non-hydrogen) atoms. The number of rotatable bonds is 2. The van der Waals surface area contributed by atoms with Crippen LogP contribution in [0.1, 0.15) is 37.7 Å². The molecular weight excluding hydrogens is 234 g/mol. The minimum Gasteiger partial charge on any atom is -0.370 e. The van der Waals surface area contributed by atoms with E-state index in [1.165, 1.54) is 69.5 Å². The Hall–Kier alpha value is -1.09. The van der Waals surface area contributed by atoms with Crippen LogP contribution in [0.2, 0.25) is 0 Å². The number of anilines is 1. The summed E-state index contributed by atoms with van der Waals surface area (Å²) in [5.74, 6) is 0. The van der Waals surface area contributed by atoms with Gasteiger partial charge in [0.1, 0.15) is 0 Å². The number of piperidine rings is 2. The molecule has 0 unspecified atom stereocenters. The molecule has 3 heteroatoms. The summed E-state index contributed by atoms with van der Waals surface area (Å²) in [6, 6.07) is 3.09. The van der Waals surface area contributed by atoms with Crippen molar-refractivity contribution >= 4 is 5.69 Å². The molecule has 3 nitrogen and oxygen atoms in total. The molecule has 2 aliphatic rings.